The fourth-order valence-electron chi connectivity index (χ4n) is 0.629. The number of allylic oxidation sites excluding steroid dienone is 3. The van der Waals surface area contributed by atoms with Crippen LogP contribution in [0.15, 0.2) is 30.6 Å². The van der Waals surface area contributed by atoms with Gasteiger partial charge in [-0.2, -0.15) is 4.37 Å². The lowest BCUT2D eigenvalue weighted by Crippen LogP contribution is -2.06. The number of carbonyl (C=O) groups excluding carboxylic acids is 1. The quantitative estimate of drug-likeness (QED) is 0.589. The molecule has 0 aliphatic heterocycles. The number of aromatic nitrogens is 2. The molecule has 0 aliphatic carbocycles. The molecule has 0 aromatic carbocycles. The normalized spacial score (nSPS) is 11.2. The van der Waals surface area contributed by atoms with Crippen molar-refractivity contribution >= 4 is 22.6 Å². The summed E-state index contributed by atoms with van der Waals surface area (Å²) in [7, 11) is 0. The van der Waals surface area contributed by atoms with E-state index in [1.54, 1.807) is 12.2 Å². The molecule has 0 atom stereocenters. The van der Waals surface area contributed by atoms with Crippen LogP contribution in [-0.4, -0.2) is 15.3 Å². The summed E-state index contributed by atoms with van der Waals surface area (Å²) in [4.78, 5) is 14.9. The van der Waals surface area contributed by atoms with Crippen molar-refractivity contribution in [2.75, 3.05) is 5.32 Å². The molecule has 0 saturated heterocycles. The zero-order chi connectivity index (χ0) is 9.52. The Balaban J connectivity index is 2.42. The monoisotopic (exact) mass is 195 g/mol. The van der Waals surface area contributed by atoms with Crippen LogP contribution in [0.2, 0.25) is 0 Å². The molecule has 1 amide bonds. The molecule has 0 spiro atoms. The van der Waals surface area contributed by atoms with Crippen LogP contribution in [0, 0.1) is 0 Å². The van der Waals surface area contributed by atoms with Crippen LogP contribution in [0.4, 0.5) is 5.13 Å². The Morgan fingerprint density at radius 1 is 1.62 bits per heavy atom. The summed E-state index contributed by atoms with van der Waals surface area (Å²) >= 11 is 1.15. The molecule has 4 nitrogen and oxygen atoms in total. The number of amides is 1. The highest BCUT2D eigenvalue weighted by atomic mass is 32.1. The van der Waals surface area contributed by atoms with Crippen LogP contribution in [-0.2, 0) is 4.79 Å². The Labute approximate surface area is 80.2 Å². The first-order valence-corrected chi connectivity index (χ1v) is 4.47. The highest BCUT2D eigenvalue weighted by molar-refractivity contribution is 7.09. The van der Waals surface area contributed by atoms with E-state index in [1.165, 1.54) is 12.4 Å². The van der Waals surface area contributed by atoms with Crippen LogP contribution in [0.25, 0.3) is 0 Å². The van der Waals surface area contributed by atoms with Crippen LogP contribution in [0.5, 0.6) is 0 Å². The fourth-order valence-corrected chi connectivity index (χ4v) is 1.06. The molecule has 1 aromatic heterocycles. The van der Waals surface area contributed by atoms with E-state index in [4.69, 9.17) is 0 Å². The molecule has 1 aromatic rings. The minimum Gasteiger partial charge on any atom is -0.297 e. The first-order valence-electron chi connectivity index (χ1n) is 3.70. The minimum atomic E-state index is -0.199. The maximum Gasteiger partial charge on any atom is 0.250 e. The predicted molar refractivity (Wildman–Crippen MR) is 52.5 cm³/mol. The highest BCUT2D eigenvalue weighted by Gasteiger charge is 1.98. The highest BCUT2D eigenvalue weighted by Crippen LogP contribution is 2.05. The van der Waals surface area contributed by atoms with Gasteiger partial charge < -0.3 is 0 Å². The fraction of sp³-hybridized carbons (Fsp3) is 0.125. The van der Waals surface area contributed by atoms with Gasteiger partial charge in [-0.3, -0.25) is 10.1 Å². The number of nitrogens with one attached hydrogen (secondary N) is 1. The van der Waals surface area contributed by atoms with Crippen molar-refractivity contribution in [1.29, 1.82) is 0 Å². The van der Waals surface area contributed by atoms with Crippen LogP contribution >= 0.6 is 11.5 Å². The van der Waals surface area contributed by atoms with Crippen LogP contribution in [0.1, 0.15) is 6.92 Å². The predicted octanol–water partition coefficient (Wildman–Crippen LogP) is 1.61. The number of nitrogens with zero attached hydrogens (tertiary/aromatic N) is 2. The molecule has 68 valence electrons. The van der Waals surface area contributed by atoms with Crippen molar-refractivity contribution < 1.29 is 4.79 Å². The average molecular weight is 195 g/mol. The second-order valence-corrected chi connectivity index (χ2v) is 2.90. The summed E-state index contributed by atoms with van der Waals surface area (Å²) < 4.78 is 3.75. The number of hydrogen-bond donors (Lipinski definition) is 1. The Hall–Kier alpha value is -1.49. The number of anilines is 1. The van der Waals surface area contributed by atoms with Crippen molar-refractivity contribution in [3.63, 3.8) is 0 Å². The summed E-state index contributed by atoms with van der Waals surface area (Å²) in [5, 5.41) is 3.08. The van der Waals surface area contributed by atoms with Crippen molar-refractivity contribution in [2.24, 2.45) is 0 Å². The molecule has 0 fully saturated rings. The maximum atomic E-state index is 11.1. The number of rotatable bonds is 3. The van der Waals surface area contributed by atoms with E-state index in [9.17, 15) is 4.79 Å². The van der Waals surface area contributed by atoms with Gasteiger partial charge in [0.05, 0.1) is 0 Å². The van der Waals surface area contributed by atoms with Crippen molar-refractivity contribution in [1.82, 2.24) is 9.36 Å². The molecular weight excluding hydrogens is 186 g/mol. The molecule has 1 rings (SSSR count). The molecule has 0 bridgehead atoms. The van der Waals surface area contributed by atoms with Gasteiger partial charge in [0, 0.05) is 17.6 Å². The third kappa shape index (κ3) is 3.62. The van der Waals surface area contributed by atoms with Gasteiger partial charge in [-0.15, -0.1) is 0 Å². The molecule has 5 heteroatoms. The lowest BCUT2D eigenvalue weighted by Gasteiger charge is -1.92. The Bertz CT molecular complexity index is 316. The van der Waals surface area contributed by atoms with E-state index in [1.807, 2.05) is 13.0 Å². The van der Waals surface area contributed by atoms with E-state index in [2.05, 4.69) is 14.7 Å². The molecule has 13 heavy (non-hydrogen) atoms. The van der Waals surface area contributed by atoms with Crippen LogP contribution in [0.3, 0.4) is 0 Å². The van der Waals surface area contributed by atoms with E-state index >= 15 is 0 Å². The summed E-state index contributed by atoms with van der Waals surface area (Å²) in [6.45, 7) is 1.88. The summed E-state index contributed by atoms with van der Waals surface area (Å²) in [5.74, 6) is -0.199. The van der Waals surface area contributed by atoms with Gasteiger partial charge in [0.25, 0.3) is 0 Å². The van der Waals surface area contributed by atoms with Crippen molar-refractivity contribution in [3.8, 4) is 0 Å². The second kappa shape index (κ2) is 5.21. The van der Waals surface area contributed by atoms with Crippen LogP contribution < -0.4 is 5.32 Å². The Morgan fingerprint density at radius 2 is 2.46 bits per heavy atom. The maximum absolute atomic E-state index is 11.1. The summed E-state index contributed by atoms with van der Waals surface area (Å²) in [6, 6.07) is 0. The zero-order valence-electron chi connectivity index (χ0n) is 7.10. The van der Waals surface area contributed by atoms with Crippen molar-refractivity contribution in [2.45, 2.75) is 6.92 Å². The van der Waals surface area contributed by atoms with Gasteiger partial charge in [-0.05, 0) is 6.92 Å². The molecule has 1 N–H and O–H groups in total. The molecule has 0 saturated carbocycles. The minimum absolute atomic E-state index is 0.199. The number of hydrogen-bond acceptors (Lipinski definition) is 4. The zero-order valence-corrected chi connectivity index (χ0v) is 7.91. The molecule has 0 unspecified atom stereocenters. The largest absolute Gasteiger partial charge is 0.297 e. The van der Waals surface area contributed by atoms with Gasteiger partial charge in [0.2, 0.25) is 11.0 Å². The lowest BCUT2D eigenvalue weighted by molar-refractivity contribution is -0.111. The third-order valence-corrected chi connectivity index (χ3v) is 1.72. The molecule has 1 heterocycles. The summed E-state index contributed by atoms with van der Waals surface area (Å²) in [6.07, 6.45) is 8.11. The van der Waals surface area contributed by atoms with Gasteiger partial charge in [-0.1, -0.05) is 18.2 Å². The first kappa shape index (κ1) is 9.60. The van der Waals surface area contributed by atoms with Gasteiger partial charge >= 0.3 is 0 Å². The SMILES string of the molecule is C/C=C/C=C/C(=O)Nc1ncns1. The van der Waals surface area contributed by atoms with Gasteiger partial charge in [-0.25, -0.2) is 4.98 Å². The average Bonchev–Trinajstić information content (AvgIpc) is 2.57. The molecule has 0 radical (unpaired) electrons. The Morgan fingerprint density at radius 3 is 3.08 bits per heavy atom. The van der Waals surface area contributed by atoms with E-state index in [0.717, 1.165) is 11.5 Å². The molecular formula is C8H9N3OS. The standard InChI is InChI=1S/C8H9N3OS/c1-2-3-4-5-7(12)11-8-9-6-10-13-8/h2-6H,1H3,(H,9,10,11,12)/b3-2+,5-4+. The first-order chi connectivity index (χ1) is 6.33. The third-order valence-electron chi connectivity index (χ3n) is 1.14. The number of carbonyl (C=O) groups is 1. The van der Waals surface area contributed by atoms with E-state index in [-0.39, 0.29) is 5.91 Å². The summed E-state index contributed by atoms with van der Waals surface area (Å²) in [5.41, 5.74) is 0. The lowest BCUT2D eigenvalue weighted by atomic mass is 10.4. The molecule has 0 aliphatic rings. The smallest absolute Gasteiger partial charge is 0.250 e. The van der Waals surface area contributed by atoms with Crippen molar-refractivity contribution in [3.05, 3.63) is 30.6 Å². The topological polar surface area (TPSA) is 54.9 Å². The van der Waals surface area contributed by atoms with Gasteiger partial charge in [0.15, 0.2) is 0 Å². The van der Waals surface area contributed by atoms with E-state index < -0.39 is 0 Å². The van der Waals surface area contributed by atoms with E-state index in [0.29, 0.717) is 5.13 Å². The Kier molecular flexibility index (Phi) is 3.84. The second-order valence-electron chi connectivity index (χ2n) is 2.12. The van der Waals surface area contributed by atoms with Gasteiger partial charge in [0.1, 0.15) is 6.33 Å².